The largest absolute Gasteiger partial charge is 0.324 e. The summed E-state index contributed by atoms with van der Waals surface area (Å²) in [6.45, 7) is -0.299. The first-order chi connectivity index (χ1) is 14.6. The zero-order valence-electron chi connectivity index (χ0n) is 15.9. The molecule has 30 heavy (non-hydrogen) atoms. The summed E-state index contributed by atoms with van der Waals surface area (Å²) in [6.07, 6.45) is 5.49. The maximum absolute atomic E-state index is 12.5. The van der Waals surface area contributed by atoms with Crippen LogP contribution >= 0.6 is 0 Å². The maximum Gasteiger partial charge on any atom is 0.273 e. The molecule has 0 unspecified atom stereocenters. The minimum Gasteiger partial charge on any atom is -0.324 e. The first kappa shape index (κ1) is 19.1. The van der Waals surface area contributed by atoms with Crippen LogP contribution in [0.1, 0.15) is 11.3 Å². The first-order valence-corrected chi connectivity index (χ1v) is 9.31. The third-order valence-corrected chi connectivity index (χ3v) is 4.49. The Morgan fingerprint density at radius 3 is 2.57 bits per heavy atom. The quantitative estimate of drug-likeness (QED) is 0.540. The Kier molecular flexibility index (Phi) is 5.34. The fourth-order valence-corrected chi connectivity index (χ4v) is 3.08. The van der Waals surface area contributed by atoms with Crippen molar-refractivity contribution in [2.45, 2.75) is 6.54 Å². The van der Waals surface area contributed by atoms with Crippen molar-refractivity contribution in [2.24, 2.45) is 0 Å². The molecule has 2 aromatic heterocycles. The molecule has 1 amide bonds. The number of hydrogen-bond donors (Lipinski definition) is 2. The molecule has 2 aromatic carbocycles. The summed E-state index contributed by atoms with van der Waals surface area (Å²) in [4.78, 5) is 41.4. The number of H-pyrrole nitrogens is 1. The minimum absolute atomic E-state index is 0.274. The number of anilines is 1. The molecule has 7 nitrogen and oxygen atoms in total. The van der Waals surface area contributed by atoms with E-state index in [4.69, 9.17) is 0 Å². The zero-order chi connectivity index (χ0) is 20.9. The van der Waals surface area contributed by atoms with Gasteiger partial charge in [-0.3, -0.25) is 24.5 Å². The predicted octanol–water partition coefficient (Wildman–Crippen LogP) is 2.89. The third kappa shape index (κ3) is 4.25. The number of fused-ring (bicyclic) bond motifs is 1. The van der Waals surface area contributed by atoms with Crippen LogP contribution < -0.4 is 16.4 Å². The maximum atomic E-state index is 12.5. The molecule has 2 N–H and O–H groups in total. The van der Waals surface area contributed by atoms with Gasteiger partial charge in [-0.15, -0.1) is 0 Å². The number of amides is 1. The van der Waals surface area contributed by atoms with E-state index in [0.717, 1.165) is 15.9 Å². The van der Waals surface area contributed by atoms with Crippen molar-refractivity contribution in [3.05, 3.63) is 105 Å². The number of carbonyl (C=O) groups excluding carboxylic acids is 1. The molecule has 4 aromatic rings. The standard InChI is InChI=1S/C23H18N4O3/c28-21(15-27-23(30)20-10-2-1-9-19(20)22(29)26-27)25-18-8-5-6-16(14-18)11-12-17-7-3-4-13-24-17/h1-14H,15H2,(H,25,28)(H,26,29). The van der Waals surface area contributed by atoms with Gasteiger partial charge in [0.05, 0.1) is 16.5 Å². The van der Waals surface area contributed by atoms with Crippen LogP contribution in [0.15, 0.2) is 82.5 Å². The number of aromatic amines is 1. The summed E-state index contributed by atoms with van der Waals surface area (Å²) in [5, 5.41) is 5.78. The van der Waals surface area contributed by atoms with Gasteiger partial charge < -0.3 is 5.32 Å². The number of benzene rings is 2. The summed E-state index contributed by atoms with van der Waals surface area (Å²) in [7, 11) is 0. The summed E-state index contributed by atoms with van der Waals surface area (Å²) >= 11 is 0. The van der Waals surface area contributed by atoms with Gasteiger partial charge in [-0.2, -0.15) is 0 Å². The average molecular weight is 398 g/mol. The molecule has 4 rings (SSSR count). The lowest BCUT2D eigenvalue weighted by Crippen LogP contribution is -2.34. The van der Waals surface area contributed by atoms with Crippen molar-refractivity contribution < 1.29 is 4.79 Å². The predicted molar refractivity (Wildman–Crippen MR) is 117 cm³/mol. The van der Waals surface area contributed by atoms with E-state index in [9.17, 15) is 14.4 Å². The van der Waals surface area contributed by atoms with Gasteiger partial charge in [-0.1, -0.05) is 36.4 Å². The van der Waals surface area contributed by atoms with Crippen LogP contribution in [-0.2, 0) is 11.3 Å². The smallest absolute Gasteiger partial charge is 0.273 e. The van der Waals surface area contributed by atoms with Crippen molar-refractivity contribution in [3.63, 3.8) is 0 Å². The monoisotopic (exact) mass is 398 g/mol. The molecule has 0 radical (unpaired) electrons. The third-order valence-electron chi connectivity index (χ3n) is 4.49. The number of carbonyl (C=O) groups is 1. The highest BCUT2D eigenvalue weighted by atomic mass is 16.2. The van der Waals surface area contributed by atoms with Gasteiger partial charge in [0.15, 0.2) is 0 Å². The zero-order valence-corrected chi connectivity index (χ0v) is 15.9. The number of hydrogen-bond acceptors (Lipinski definition) is 4. The second-order valence-electron chi connectivity index (χ2n) is 6.64. The number of aromatic nitrogens is 3. The number of nitrogens with one attached hydrogen (secondary N) is 2. The number of pyridine rings is 1. The lowest BCUT2D eigenvalue weighted by molar-refractivity contribution is -0.117. The Bertz CT molecular complexity index is 1350. The van der Waals surface area contributed by atoms with E-state index in [-0.39, 0.29) is 11.9 Å². The first-order valence-electron chi connectivity index (χ1n) is 9.31. The van der Waals surface area contributed by atoms with E-state index in [1.807, 2.05) is 48.6 Å². The van der Waals surface area contributed by atoms with Gasteiger partial charge in [-0.05, 0) is 48.0 Å². The molecular formula is C23H18N4O3. The van der Waals surface area contributed by atoms with Crippen molar-refractivity contribution in [1.82, 2.24) is 14.8 Å². The topological polar surface area (TPSA) is 96.9 Å². The highest BCUT2D eigenvalue weighted by Gasteiger charge is 2.10. The van der Waals surface area contributed by atoms with Crippen molar-refractivity contribution >= 4 is 34.5 Å². The normalized spacial score (nSPS) is 11.1. The molecule has 0 saturated carbocycles. The SMILES string of the molecule is O=C(Cn1[nH]c(=O)c2ccccc2c1=O)Nc1cccc(C=Cc2ccccn2)c1. The Labute approximate surface area is 171 Å². The van der Waals surface area contributed by atoms with Gasteiger partial charge in [0, 0.05) is 11.9 Å². The summed E-state index contributed by atoms with van der Waals surface area (Å²) < 4.78 is 1.02. The van der Waals surface area contributed by atoms with Gasteiger partial charge in [0.25, 0.3) is 11.1 Å². The fourth-order valence-electron chi connectivity index (χ4n) is 3.08. The molecule has 7 heteroatoms. The van der Waals surface area contributed by atoms with Crippen LogP contribution in [0.3, 0.4) is 0 Å². The molecule has 0 aliphatic carbocycles. The van der Waals surface area contributed by atoms with Gasteiger partial charge in [0.1, 0.15) is 6.54 Å². The van der Waals surface area contributed by atoms with Crippen LogP contribution in [0.2, 0.25) is 0 Å². The number of rotatable bonds is 5. The van der Waals surface area contributed by atoms with Crippen molar-refractivity contribution in [2.75, 3.05) is 5.32 Å². The molecule has 148 valence electrons. The average Bonchev–Trinajstić information content (AvgIpc) is 2.77. The Balaban J connectivity index is 1.50. The van der Waals surface area contributed by atoms with E-state index >= 15 is 0 Å². The van der Waals surface area contributed by atoms with Gasteiger partial charge in [0.2, 0.25) is 5.91 Å². The van der Waals surface area contributed by atoms with Gasteiger partial charge >= 0.3 is 0 Å². The van der Waals surface area contributed by atoms with E-state index in [2.05, 4.69) is 15.4 Å². The Morgan fingerprint density at radius 1 is 0.967 bits per heavy atom. The van der Waals surface area contributed by atoms with Crippen LogP contribution in [0, 0.1) is 0 Å². The van der Waals surface area contributed by atoms with E-state index in [1.54, 1.807) is 36.5 Å². The van der Waals surface area contributed by atoms with Crippen LogP contribution in [0.5, 0.6) is 0 Å². The van der Waals surface area contributed by atoms with Crippen LogP contribution in [0.4, 0.5) is 5.69 Å². The van der Waals surface area contributed by atoms with Crippen molar-refractivity contribution in [1.29, 1.82) is 0 Å². The fraction of sp³-hybridized carbons (Fsp3) is 0.0435. The molecule has 2 heterocycles. The molecule has 0 aliphatic heterocycles. The molecule has 0 spiro atoms. The van der Waals surface area contributed by atoms with Crippen LogP contribution in [0.25, 0.3) is 22.9 Å². The molecule has 0 atom stereocenters. The second kappa shape index (κ2) is 8.40. The Morgan fingerprint density at radius 2 is 1.77 bits per heavy atom. The second-order valence-corrected chi connectivity index (χ2v) is 6.64. The lowest BCUT2D eigenvalue weighted by Gasteiger charge is -2.09. The van der Waals surface area contributed by atoms with E-state index < -0.39 is 17.0 Å². The summed E-state index contributed by atoms with van der Waals surface area (Å²) in [5.41, 5.74) is 1.45. The van der Waals surface area contributed by atoms with Crippen LogP contribution in [-0.4, -0.2) is 20.7 Å². The number of nitrogens with zero attached hydrogens (tertiary/aromatic N) is 2. The molecule has 0 bridgehead atoms. The van der Waals surface area contributed by atoms with E-state index in [1.165, 1.54) is 0 Å². The van der Waals surface area contributed by atoms with Crippen molar-refractivity contribution in [3.8, 4) is 0 Å². The highest BCUT2D eigenvalue weighted by Crippen LogP contribution is 2.13. The molecule has 0 aliphatic rings. The molecular weight excluding hydrogens is 380 g/mol. The summed E-state index contributed by atoms with van der Waals surface area (Å²) in [6, 6.07) is 19.4. The highest BCUT2D eigenvalue weighted by molar-refractivity contribution is 5.91. The Hall–Kier alpha value is -4.26. The summed E-state index contributed by atoms with van der Waals surface area (Å²) in [5.74, 6) is -0.422. The molecule has 0 fully saturated rings. The lowest BCUT2D eigenvalue weighted by atomic mass is 10.1. The molecule has 0 saturated heterocycles. The van der Waals surface area contributed by atoms with E-state index in [0.29, 0.717) is 11.1 Å². The minimum atomic E-state index is -0.424. The van der Waals surface area contributed by atoms with Gasteiger partial charge in [-0.25, -0.2) is 4.68 Å².